The van der Waals surface area contributed by atoms with Gasteiger partial charge in [0, 0.05) is 24.7 Å². The molecule has 0 saturated carbocycles. The minimum absolute atomic E-state index is 0.0258. The molecule has 2 amide bonds. The maximum absolute atomic E-state index is 13.9. The van der Waals surface area contributed by atoms with E-state index in [1.807, 2.05) is 11.4 Å². The van der Waals surface area contributed by atoms with Crippen molar-refractivity contribution in [3.05, 3.63) is 70.3 Å². The third-order valence-electron chi connectivity index (χ3n) is 5.06. The minimum Gasteiger partial charge on any atom is -0.337 e. The fraction of sp³-hybridized carbons (Fsp3) is 0.286. The molecule has 8 heteroatoms. The predicted octanol–water partition coefficient (Wildman–Crippen LogP) is 3.62. The van der Waals surface area contributed by atoms with Crippen molar-refractivity contribution in [2.45, 2.75) is 19.4 Å². The second-order valence-corrected chi connectivity index (χ2v) is 7.97. The van der Waals surface area contributed by atoms with E-state index in [9.17, 15) is 14.0 Å². The van der Waals surface area contributed by atoms with Gasteiger partial charge >= 0.3 is 0 Å². The summed E-state index contributed by atoms with van der Waals surface area (Å²) in [4.78, 5) is 27.9. The Kier molecular flexibility index (Phi) is 5.71. The van der Waals surface area contributed by atoms with E-state index in [2.05, 4.69) is 10.4 Å². The van der Waals surface area contributed by atoms with Crippen LogP contribution in [0.25, 0.3) is 0 Å². The smallest absolute Gasteiger partial charge is 0.263 e. The van der Waals surface area contributed by atoms with Crippen LogP contribution in [-0.2, 0) is 11.3 Å². The Bertz CT molecular complexity index is 1000. The number of carbonyl (C=O) groups excluding carboxylic acids is 2. The molecule has 2 aromatic heterocycles. The number of benzene rings is 1. The van der Waals surface area contributed by atoms with E-state index in [1.54, 1.807) is 46.1 Å². The summed E-state index contributed by atoms with van der Waals surface area (Å²) >= 11 is 1.41. The number of halogens is 1. The van der Waals surface area contributed by atoms with Crippen LogP contribution in [0.5, 0.6) is 0 Å². The van der Waals surface area contributed by atoms with Gasteiger partial charge in [-0.15, -0.1) is 11.3 Å². The summed E-state index contributed by atoms with van der Waals surface area (Å²) in [5, 5.41) is 8.97. The molecule has 150 valence electrons. The number of aromatic nitrogens is 2. The van der Waals surface area contributed by atoms with Crippen LogP contribution >= 0.6 is 11.3 Å². The van der Waals surface area contributed by atoms with Gasteiger partial charge in [-0.05, 0) is 30.4 Å². The predicted molar refractivity (Wildman–Crippen MR) is 109 cm³/mol. The van der Waals surface area contributed by atoms with E-state index in [0.717, 1.165) is 12.8 Å². The first-order valence-electron chi connectivity index (χ1n) is 9.50. The fourth-order valence-corrected chi connectivity index (χ4v) is 4.20. The molecule has 29 heavy (non-hydrogen) atoms. The van der Waals surface area contributed by atoms with Gasteiger partial charge in [-0.3, -0.25) is 9.59 Å². The van der Waals surface area contributed by atoms with Crippen LogP contribution in [0.2, 0.25) is 0 Å². The van der Waals surface area contributed by atoms with Crippen LogP contribution < -0.4 is 5.32 Å². The monoisotopic (exact) mass is 412 g/mol. The molecular formula is C21H21FN4O2S. The number of amides is 2. The van der Waals surface area contributed by atoms with Crippen molar-refractivity contribution in [2.24, 2.45) is 5.92 Å². The van der Waals surface area contributed by atoms with Gasteiger partial charge in [0.15, 0.2) is 0 Å². The van der Waals surface area contributed by atoms with Crippen molar-refractivity contribution in [3.8, 4) is 0 Å². The summed E-state index contributed by atoms with van der Waals surface area (Å²) in [7, 11) is 0. The van der Waals surface area contributed by atoms with Crippen LogP contribution in [0.1, 0.15) is 28.1 Å². The lowest BCUT2D eigenvalue weighted by Gasteiger charge is -2.31. The van der Waals surface area contributed by atoms with Crippen LogP contribution in [-0.4, -0.2) is 39.6 Å². The molecule has 1 fully saturated rings. The fourth-order valence-electron chi connectivity index (χ4n) is 3.51. The maximum atomic E-state index is 13.9. The zero-order valence-corrected chi connectivity index (χ0v) is 16.6. The highest BCUT2D eigenvalue weighted by atomic mass is 32.1. The first kappa shape index (κ1) is 19.3. The molecule has 0 radical (unpaired) electrons. The van der Waals surface area contributed by atoms with Gasteiger partial charge in [-0.25, -0.2) is 9.07 Å². The molecule has 1 aromatic carbocycles. The van der Waals surface area contributed by atoms with Crippen LogP contribution in [0.15, 0.2) is 54.0 Å². The number of piperidine rings is 1. The molecule has 1 saturated heterocycles. The van der Waals surface area contributed by atoms with Crippen molar-refractivity contribution >= 4 is 29.0 Å². The van der Waals surface area contributed by atoms with E-state index >= 15 is 0 Å². The lowest BCUT2D eigenvalue weighted by atomic mass is 9.97. The van der Waals surface area contributed by atoms with Gasteiger partial charge in [-0.1, -0.05) is 24.3 Å². The third-order valence-corrected chi connectivity index (χ3v) is 5.91. The van der Waals surface area contributed by atoms with Gasteiger partial charge in [0.25, 0.3) is 5.91 Å². The summed E-state index contributed by atoms with van der Waals surface area (Å²) in [6.07, 6.45) is 3.08. The number of anilines is 1. The largest absolute Gasteiger partial charge is 0.337 e. The van der Waals surface area contributed by atoms with Crippen LogP contribution in [0.4, 0.5) is 10.2 Å². The number of hydrogen-bond donors (Lipinski definition) is 1. The zero-order chi connectivity index (χ0) is 20.2. The Balaban J connectivity index is 1.41. The third kappa shape index (κ3) is 4.37. The van der Waals surface area contributed by atoms with Crippen LogP contribution in [0.3, 0.4) is 0 Å². The summed E-state index contributed by atoms with van der Waals surface area (Å²) in [6.45, 7) is 1.28. The second kappa shape index (κ2) is 8.57. The molecule has 1 unspecified atom stereocenters. The first-order valence-corrected chi connectivity index (χ1v) is 10.4. The van der Waals surface area contributed by atoms with E-state index in [-0.39, 0.29) is 30.1 Å². The van der Waals surface area contributed by atoms with Crippen molar-refractivity contribution in [3.63, 3.8) is 0 Å². The van der Waals surface area contributed by atoms with Gasteiger partial charge in [0.2, 0.25) is 5.91 Å². The Morgan fingerprint density at radius 1 is 1.21 bits per heavy atom. The standard InChI is InChI=1S/C21H21FN4O2S/c22-17-7-2-1-5-15(17)14-26-19(9-10-23-26)24-20(27)16-6-3-11-25(13-16)21(28)18-8-4-12-29-18/h1-2,4-5,7-10,12,16H,3,6,11,13-14H2,(H,24,27). The topological polar surface area (TPSA) is 67.2 Å². The number of hydrogen-bond acceptors (Lipinski definition) is 4. The summed E-state index contributed by atoms with van der Waals surface area (Å²) in [5.41, 5.74) is 0.497. The Morgan fingerprint density at radius 2 is 2.07 bits per heavy atom. The van der Waals surface area contributed by atoms with E-state index in [4.69, 9.17) is 0 Å². The summed E-state index contributed by atoms with van der Waals surface area (Å²) < 4.78 is 15.5. The first-order chi connectivity index (χ1) is 14.1. The molecule has 1 aliphatic heterocycles. The Morgan fingerprint density at radius 3 is 2.86 bits per heavy atom. The molecule has 4 rings (SSSR count). The molecule has 0 aliphatic carbocycles. The van der Waals surface area contributed by atoms with Crippen molar-refractivity contribution in [1.82, 2.24) is 14.7 Å². The van der Waals surface area contributed by atoms with Gasteiger partial charge in [-0.2, -0.15) is 5.10 Å². The van der Waals surface area contributed by atoms with Gasteiger partial charge in [0.05, 0.1) is 23.5 Å². The average Bonchev–Trinajstić information content (AvgIpc) is 3.42. The van der Waals surface area contributed by atoms with E-state index in [1.165, 1.54) is 17.4 Å². The molecule has 3 heterocycles. The number of nitrogens with zero attached hydrogens (tertiary/aromatic N) is 3. The summed E-state index contributed by atoms with van der Waals surface area (Å²) in [6, 6.07) is 11.8. The molecular weight excluding hydrogens is 391 g/mol. The molecule has 1 atom stereocenters. The van der Waals surface area contributed by atoms with E-state index < -0.39 is 0 Å². The minimum atomic E-state index is -0.310. The highest BCUT2D eigenvalue weighted by molar-refractivity contribution is 7.12. The maximum Gasteiger partial charge on any atom is 0.263 e. The average molecular weight is 412 g/mol. The SMILES string of the molecule is O=C(Nc1ccnn1Cc1ccccc1F)C1CCCN(C(=O)c2cccs2)C1. The number of carbonyl (C=O) groups is 2. The quantitative estimate of drug-likeness (QED) is 0.696. The lowest BCUT2D eigenvalue weighted by Crippen LogP contribution is -2.43. The molecule has 0 bridgehead atoms. The van der Waals surface area contributed by atoms with Gasteiger partial charge in [0.1, 0.15) is 11.6 Å². The summed E-state index contributed by atoms with van der Waals surface area (Å²) in [5.74, 6) is -0.259. The highest BCUT2D eigenvalue weighted by Crippen LogP contribution is 2.22. The molecule has 1 aliphatic rings. The van der Waals surface area contributed by atoms with Gasteiger partial charge < -0.3 is 10.2 Å². The molecule has 3 aromatic rings. The molecule has 1 N–H and O–H groups in total. The Labute approximate surface area is 172 Å². The van der Waals surface area contributed by atoms with E-state index in [0.29, 0.717) is 29.3 Å². The highest BCUT2D eigenvalue weighted by Gasteiger charge is 2.29. The molecule has 0 spiro atoms. The normalized spacial score (nSPS) is 16.6. The zero-order valence-electron chi connectivity index (χ0n) is 15.8. The van der Waals surface area contributed by atoms with Crippen molar-refractivity contribution in [1.29, 1.82) is 0 Å². The van der Waals surface area contributed by atoms with Crippen molar-refractivity contribution < 1.29 is 14.0 Å². The van der Waals surface area contributed by atoms with Crippen molar-refractivity contribution in [2.75, 3.05) is 18.4 Å². The number of thiophene rings is 1. The number of likely N-dealkylation sites (tertiary alicyclic amines) is 1. The second-order valence-electron chi connectivity index (χ2n) is 7.02. The number of rotatable bonds is 5. The van der Waals surface area contributed by atoms with Crippen LogP contribution in [0, 0.1) is 11.7 Å². The molecule has 6 nitrogen and oxygen atoms in total. The number of nitrogens with one attached hydrogen (secondary N) is 1. The lowest BCUT2D eigenvalue weighted by molar-refractivity contribution is -0.121. The Hall–Kier alpha value is -3.00.